The summed E-state index contributed by atoms with van der Waals surface area (Å²) < 4.78 is 0. The number of amides is 1. The van der Waals surface area contributed by atoms with Crippen LogP contribution in [0.1, 0.15) is 15.9 Å². The van der Waals surface area contributed by atoms with Gasteiger partial charge in [0.1, 0.15) is 5.75 Å². The minimum absolute atomic E-state index is 0. The molecule has 0 bridgehead atoms. The van der Waals surface area contributed by atoms with Gasteiger partial charge in [0, 0.05) is 5.69 Å². The monoisotopic (exact) mass is 305 g/mol. The number of rotatable bonds is 1. The van der Waals surface area contributed by atoms with Crippen molar-refractivity contribution >= 4 is 19.3 Å². The van der Waals surface area contributed by atoms with Crippen molar-refractivity contribution in [1.82, 2.24) is 5.48 Å². The van der Waals surface area contributed by atoms with E-state index in [-0.39, 0.29) is 19.0 Å². The fraction of sp³-hybridized carbons (Fsp3) is 0.0714. The summed E-state index contributed by atoms with van der Waals surface area (Å²) in [5.74, 6) is -0.873. The lowest BCUT2D eigenvalue weighted by Crippen LogP contribution is -2.18. The first-order valence-electron chi connectivity index (χ1n) is 6.11. The zero-order valence-electron chi connectivity index (χ0n) is 12.0. The molecular formula is C14H18BN2O5. The predicted octanol–water partition coefficient (Wildman–Crippen LogP) is 0.594. The number of carbonyl (C=O) groups is 1. The van der Waals surface area contributed by atoms with Gasteiger partial charge in [-0.15, -0.1) is 0 Å². The molecule has 0 aliphatic heterocycles. The van der Waals surface area contributed by atoms with Crippen LogP contribution in [-0.4, -0.2) is 34.0 Å². The fourth-order valence-electron chi connectivity index (χ4n) is 1.31. The molecule has 0 saturated heterocycles. The highest BCUT2D eigenvalue weighted by Gasteiger charge is 2.07. The van der Waals surface area contributed by atoms with Crippen LogP contribution in [0, 0.1) is 6.92 Å². The number of para-hydroxylation sites is 2. The van der Waals surface area contributed by atoms with Crippen molar-refractivity contribution in [3.63, 3.8) is 0 Å². The molecule has 0 aliphatic carbocycles. The third kappa shape index (κ3) is 7.29. The Labute approximate surface area is 128 Å². The molecule has 0 aromatic heterocycles. The average Bonchev–Trinajstić information content (AvgIpc) is 2.51. The molecule has 0 atom stereocenters. The van der Waals surface area contributed by atoms with Crippen LogP contribution in [0.15, 0.2) is 48.5 Å². The summed E-state index contributed by atoms with van der Waals surface area (Å²) in [5.41, 5.74) is 9.01. The second-order valence-electron chi connectivity index (χ2n) is 3.93. The van der Waals surface area contributed by atoms with Crippen molar-refractivity contribution in [2.45, 2.75) is 6.92 Å². The molecule has 0 unspecified atom stereocenters. The van der Waals surface area contributed by atoms with Crippen molar-refractivity contribution in [3.8, 4) is 5.75 Å². The lowest BCUT2D eigenvalue weighted by molar-refractivity contribution is 0.0703. The number of anilines is 1. The van der Waals surface area contributed by atoms with Crippen LogP contribution in [0.3, 0.4) is 0 Å². The minimum atomic E-state index is -0.719. The normalized spacial score (nSPS) is 8.55. The van der Waals surface area contributed by atoms with E-state index in [4.69, 9.17) is 26.1 Å². The zero-order chi connectivity index (χ0) is 17.0. The molecule has 2 aromatic carbocycles. The van der Waals surface area contributed by atoms with Crippen LogP contribution < -0.4 is 11.2 Å². The summed E-state index contributed by atoms with van der Waals surface area (Å²) in [5, 5.41) is 31.2. The van der Waals surface area contributed by atoms with Gasteiger partial charge < -0.3 is 20.9 Å². The van der Waals surface area contributed by atoms with Crippen LogP contribution in [0.4, 0.5) is 5.69 Å². The van der Waals surface area contributed by atoms with Gasteiger partial charge in [0.15, 0.2) is 0 Å². The maximum Gasteiger partial charge on any atom is 0.482 e. The molecule has 7 nitrogen and oxygen atoms in total. The highest BCUT2D eigenvalue weighted by molar-refractivity contribution is 6.13. The lowest BCUT2D eigenvalue weighted by Gasteiger charge is -1.99. The number of phenols is 1. The van der Waals surface area contributed by atoms with Crippen LogP contribution in [0.25, 0.3) is 0 Å². The molecule has 22 heavy (non-hydrogen) atoms. The third-order valence-electron chi connectivity index (χ3n) is 2.44. The van der Waals surface area contributed by atoms with E-state index in [2.05, 4.69) is 0 Å². The summed E-state index contributed by atoms with van der Waals surface area (Å²) >= 11 is 0. The third-order valence-corrected chi connectivity index (χ3v) is 2.44. The fourth-order valence-corrected chi connectivity index (χ4v) is 1.31. The molecule has 7 N–H and O–H groups in total. The Morgan fingerprint density at radius 2 is 1.59 bits per heavy atom. The van der Waals surface area contributed by atoms with Gasteiger partial charge in [-0.1, -0.05) is 30.3 Å². The standard InChI is InChI=1S/C7H7NO3.C7H9N.BH2O2/c9-6-4-2-1-3-5(6)7(10)8-11;1-6-4-2-3-5-7(6)8;2-1-3/h1-4,9,11H,(H,8,10);2-5H,8H2,1H3;2-3H. The molecule has 0 aliphatic rings. The lowest BCUT2D eigenvalue weighted by atomic mass is 10.2. The van der Waals surface area contributed by atoms with Gasteiger partial charge in [-0.25, -0.2) is 5.48 Å². The summed E-state index contributed by atoms with van der Waals surface area (Å²) in [7, 11) is 0. The quantitative estimate of drug-likeness (QED) is 0.197. The number of hydrogen-bond acceptors (Lipinski definition) is 6. The average molecular weight is 305 g/mol. The number of hydrogen-bond donors (Lipinski definition) is 6. The number of nitrogen functional groups attached to an aromatic ring is 1. The highest BCUT2D eigenvalue weighted by Crippen LogP contribution is 2.14. The van der Waals surface area contributed by atoms with Gasteiger partial charge in [0.2, 0.25) is 0 Å². The predicted molar refractivity (Wildman–Crippen MR) is 83.1 cm³/mol. The molecular weight excluding hydrogens is 287 g/mol. The Bertz CT molecular complexity index is 560. The Balaban J connectivity index is 0.000000352. The first-order valence-corrected chi connectivity index (χ1v) is 6.11. The van der Waals surface area contributed by atoms with Gasteiger partial charge >= 0.3 is 7.69 Å². The summed E-state index contributed by atoms with van der Waals surface area (Å²) in [6, 6.07) is 13.7. The van der Waals surface area contributed by atoms with Crippen LogP contribution in [-0.2, 0) is 0 Å². The molecule has 0 heterocycles. The number of nitrogens with one attached hydrogen (secondary N) is 1. The van der Waals surface area contributed by atoms with E-state index < -0.39 is 5.91 Å². The Kier molecular flexibility index (Phi) is 9.86. The summed E-state index contributed by atoms with van der Waals surface area (Å²) in [6.45, 7) is 2.00. The van der Waals surface area contributed by atoms with E-state index in [1.165, 1.54) is 17.6 Å². The van der Waals surface area contributed by atoms with Gasteiger partial charge in [0.05, 0.1) is 5.56 Å². The molecule has 2 aromatic rings. The molecule has 0 spiro atoms. The minimum Gasteiger partial charge on any atom is -0.507 e. The number of benzene rings is 2. The van der Waals surface area contributed by atoms with Crippen LogP contribution in [0.2, 0.25) is 0 Å². The van der Waals surface area contributed by atoms with E-state index in [0.717, 1.165) is 11.3 Å². The van der Waals surface area contributed by atoms with Crippen molar-refractivity contribution in [1.29, 1.82) is 0 Å². The maximum absolute atomic E-state index is 10.7. The number of hydroxylamine groups is 1. The van der Waals surface area contributed by atoms with E-state index in [1.54, 1.807) is 12.1 Å². The molecule has 2 rings (SSSR count). The highest BCUT2D eigenvalue weighted by atomic mass is 16.5. The first-order chi connectivity index (χ1) is 10.5. The van der Waals surface area contributed by atoms with Crippen LogP contribution in [0.5, 0.6) is 5.75 Å². The van der Waals surface area contributed by atoms with E-state index in [9.17, 15) is 4.79 Å². The smallest absolute Gasteiger partial charge is 0.482 e. The molecule has 8 heteroatoms. The Morgan fingerprint density at radius 1 is 1.09 bits per heavy atom. The Hall–Kier alpha value is -2.55. The van der Waals surface area contributed by atoms with Crippen molar-refractivity contribution in [2.75, 3.05) is 5.73 Å². The van der Waals surface area contributed by atoms with E-state index >= 15 is 0 Å². The van der Waals surface area contributed by atoms with Crippen molar-refractivity contribution in [3.05, 3.63) is 59.7 Å². The number of aromatic hydroxyl groups is 1. The van der Waals surface area contributed by atoms with Crippen molar-refractivity contribution < 1.29 is 25.2 Å². The maximum atomic E-state index is 10.7. The van der Waals surface area contributed by atoms with E-state index in [1.807, 2.05) is 31.2 Å². The number of nitrogens with two attached hydrogens (primary N) is 1. The first kappa shape index (κ1) is 19.5. The SMILES string of the molecule is Cc1ccccc1N.O=C(NO)c1ccccc1O.O[B]O. The van der Waals surface area contributed by atoms with E-state index in [0.29, 0.717) is 0 Å². The number of aryl methyl sites for hydroxylation is 1. The molecule has 1 radical (unpaired) electrons. The zero-order valence-corrected chi connectivity index (χ0v) is 12.0. The Morgan fingerprint density at radius 3 is 2.00 bits per heavy atom. The number of phenolic OH excluding ortho intramolecular Hbond substituents is 1. The van der Waals surface area contributed by atoms with Crippen molar-refractivity contribution in [2.24, 2.45) is 0 Å². The largest absolute Gasteiger partial charge is 0.507 e. The van der Waals surface area contributed by atoms with Gasteiger partial charge in [-0.05, 0) is 30.7 Å². The van der Waals surface area contributed by atoms with Crippen LogP contribution >= 0.6 is 0 Å². The molecule has 117 valence electrons. The molecule has 0 saturated carbocycles. The second-order valence-corrected chi connectivity index (χ2v) is 3.93. The topological polar surface area (TPSA) is 136 Å². The van der Waals surface area contributed by atoms with Gasteiger partial charge in [-0.2, -0.15) is 0 Å². The number of carbonyl (C=O) groups excluding carboxylic acids is 1. The van der Waals surface area contributed by atoms with Gasteiger partial charge in [-0.3, -0.25) is 10.0 Å². The summed E-state index contributed by atoms with van der Waals surface area (Å²) in [6.07, 6.45) is 0. The summed E-state index contributed by atoms with van der Waals surface area (Å²) in [4.78, 5) is 10.7. The molecule has 0 fully saturated rings. The second kappa shape index (κ2) is 11.2. The van der Waals surface area contributed by atoms with Gasteiger partial charge in [0.25, 0.3) is 5.91 Å². The molecule has 1 amide bonds.